The van der Waals surface area contributed by atoms with Gasteiger partial charge in [-0.15, -0.1) is 0 Å². The third kappa shape index (κ3) is 4.21. The van der Waals surface area contributed by atoms with E-state index in [1.165, 1.54) is 19.3 Å². The lowest BCUT2D eigenvalue weighted by Crippen LogP contribution is -2.43. The molecule has 0 spiro atoms. The highest BCUT2D eigenvalue weighted by Crippen LogP contribution is 2.29. The van der Waals surface area contributed by atoms with Crippen LogP contribution in [0.4, 0.5) is 0 Å². The maximum Gasteiger partial charge on any atom is 0.258 e. The number of methoxy groups -OCH3 is 1. The molecule has 1 N–H and O–H groups in total. The van der Waals surface area contributed by atoms with E-state index in [2.05, 4.69) is 17.2 Å². The second-order valence-corrected chi connectivity index (χ2v) is 6.87. The molecule has 1 fully saturated rings. The van der Waals surface area contributed by atoms with Gasteiger partial charge in [-0.2, -0.15) is 0 Å². The number of benzene rings is 1. The minimum atomic E-state index is -0.0655. The second-order valence-electron chi connectivity index (χ2n) is 6.87. The van der Waals surface area contributed by atoms with Crippen LogP contribution in [0.1, 0.15) is 38.3 Å². The number of carbonyl (C=O) groups is 1. The van der Waals surface area contributed by atoms with Crippen LogP contribution in [-0.2, 0) is 4.79 Å². The molecule has 1 heterocycles. The largest absolute Gasteiger partial charge is 0.497 e. The first kappa shape index (κ1) is 17.5. The van der Waals surface area contributed by atoms with Crippen molar-refractivity contribution < 1.29 is 14.3 Å². The van der Waals surface area contributed by atoms with Gasteiger partial charge in [-0.25, -0.2) is 0 Å². The van der Waals surface area contributed by atoms with Crippen molar-refractivity contribution in [2.24, 2.45) is 5.92 Å². The van der Waals surface area contributed by atoms with E-state index in [4.69, 9.17) is 9.47 Å². The zero-order chi connectivity index (χ0) is 17.8. The van der Waals surface area contributed by atoms with E-state index < -0.39 is 0 Å². The SMILES string of the molecule is COc1ccc2nc(C)cc(OCC(=O)NC3CCCCC3C)c2c1. The van der Waals surface area contributed by atoms with Gasteiger partial charge in [0.2, 0.25) is 0 Å². The number of aryl methyl sites for hydroxylation is 1. The van der Waals surface area contributed by atoms with Gasteiger partial charge in [0.25, 0.3) is 5.91 Å². The first-order valence-electron chi connectivity index (χ1n) is 8.94. The van der Waals surface area contributed by atoms with Crippen LogP contribution in [0.15, 0.2) is 24.3 Å². The number of aromatic nitrogens is 1. The molecule has 0 saturated heterocycles. The zero-order valence-electron chi connectivity index (χ0n) is 15.2. The molecule has 1 aromatic carbocycles. The molecule has 134 valence electrons. The number of amides is 1. The summed E-state index contributed by atoms with van der Waals surface area (Å²) in [6, 6.07) is 7.78. The smallest absolute Gasteiger partial charge is 0.258 e. The van der Waals surface area contributed by atoms with Gasteiger partial charge in [-0.1, -0.05) is 19.8 Å². The highest BCUT2D eigenvalue weighted by atomic mass is 16.5. The van der Waals surface area contributed by atoms with Crippen molar-refractivity contribution in [3.05, 3.63) is 30.0 Å². The quantitative estimate of drug-likeness (QED) is 0.901. The standard InChI is InChI=1S/C20H26N2O3/c1-13-6-4-5-7-17(13)22-20(23)12-25-19-10-14(2)21-18-9-8-15(24-3)11-16(18)19/h8-11,13,17H,4-7,12H2,1-3H3,(H,22,23). The van der Waals surface area contributed by atoms with E-state index in [0.717, 1.165) is 28.8 Å². The van der Waals surface area contributed by atoms with Crippen molar-refractivity contribution in [3.63, 3.8) is 0 Å². The van der Waals surface area contributed by atoms with Crippen LogP contribution in [0.25, 0.3) is 10.9 Å². The van der Waals surface area contributed by atoms with Crippen molar-refractivity contribution in [3.8, 4) is 11.5 Å². The van der Waals surface area contributed by atoms with E-state index in [9.17, 15) is 4.79 Å². The number of pyridine rings is 1. The predicted octanol–water partition coefficient (Wildman–Crippen LogP) is 3.63. The number of carbonyl (C=O) groups excluding carboxylic acids is 1. The minimum absolute atomic E-state index is 0.0129. The van der Waals surface area contributed by atoms with E-state index in [1.807, 2.05) is 31.2 Å². The molecule has 5 nitrogen and oxygen atoms in total. The van der Waals surface area contributed by atoms with Gasteiger partial charge >= 0.3 is 0 Å². The molecular formula is C20H26N2O3. The maximum absolute atomic E-state index is 12.3. The zero-order valence-corrected chi connectivity index (χ0v) is 15.2. The molecular weight excluding hydrogens is 316 g/mol. The van der Waals surface area contributed by atoms with Crippen molar-refractivity contribution in [2.45, 2.75) is 45.6 Å². The summed E-state index contributed by atoms with van der Waals surface area (Å²) in [5.74, 6) is 1.87. The van der Waals surface area contributed by atoms with Crippen molar-refractivity contribution >= 4 is 16.8 Å². The van der Waals surface area contributed by atoms with Crippen molar-refractivity contribution in [2.75, 3.05) is 13.7 Å². The van der Waals surface area contributed by atoms with Gasteiger partial charge in [-0.05, 0) is 43.9 Å². The van der Waals surface area contributed by atoms with Crippen LogP contribution < -0.4 is 14.8 Å². The topological polar surface area (TPSA) is 60.5 Å². The number of hydrogen-bond donors (Lipinski definition) is 1. The minimum Gasteiger partial charge on any atom is -0.497 e. The Labute approximate surface area is 148 Å². The highest BCUT2D eigenvalue weighted by molar-refractivity contribution is 5.87. The lowest BCUT2D eigenvalue weighted by molar-refractivity contribution is -0.124. The molecule has 0 bridgehead atoms. The number of fused-ring (bicyclic) bond motifs is 1. The number of nitrogens with one attached hydrogen (secondary N) is 1. The Morgan fingerprint density at radius 3 is 2.84 bits per heavy atom. The van der Waals surface area contributed by atoms with E-state index in [1.54, 1.807) is 7.11 Å². The third-order valence-corrected chi connectivity index (χ3v) is 4.92. The molecule has 2 atom stereocenters. The Hall–Kier alpha value is -2.30. The molecule has 1 amide bonds. The van der Waals surface area contributed by atoms with Gasteiger partial charge in [-0.3, -0.25) is 9.78 Å². The van der Waals surface area contributed by atoms with Gasteiger partial charge < -0.3 is 14.8 Å². The Morgan fingerprint density at radius 1 is 1.28 bits per heavy atom. The Balaban J connectivity index is 1.70. The Kier molecular flexibility index (Phi) is 5.41. The van der Waals surface area contributed by atoms with Crippen molar-refractivity contribution in [1.29, 1.82) is 0 Å². The summed E-state index contributed by atoms with van der Waals surface area (Å²) in [7, 11) is 1.63. The number of nitrogens with zero attached hydrogens (tertiary/aromatic N) is 1. The molecule has 0 radical (unpaired) electrons. The van der Waals surface area contributed by atoms with Crippen LogP contribution in [0, 0.1) is 12.8 Å². The van der Waals surface area contributed by atoms with Crippen LogP contribution in [0.2, 0.25) is 0 Å². The fourth-order valence-electron chi connectivity index (χ4n) is 3.47. The Bertz CT molecular complexity index is 760. The second kappa shape index (κ2) is 7.72. The van der Waals surface area contributed by atoms with Gasteiger partial charge in [0.1, 0.15) is 11.5 Å². The highest BCUT2D eigenvalue weighted by Gasteiger charge is 2.23. The van der Waals surface area contributed by atoms with E-state index in [0.29, 0.717) is 11.7 Å². The molecule has 5 heteroatoms. The molecule has 2 unspecified atom stereocenters. The van der Waals surface area contributed by atoms with Crippen LogP contribution in [0.5, 0.6) is 11.5 Å². The van der Waals surface area contributed by atoms with Crippen LogP contribution in [-0.4, -0.2) is 30.6 Å². The number of rotatable bonds is 5. The maximum atomic E-state index is 12.3. The predicted molar refractivity (Wildman–Crippen MR) is 98.1 cm³/mol. The monoisotopic (exact) mass is 342 g/mol. The summed E-state index contributed by atoms with van der Waals surface area (Å²) >= 11 is 0. The van der Waals surface area contributed by atoms with E-state index in [-0.39, 0.29) is 18.6 Å². The molecule has 2 aromatic rings. The summed E-state index contributed by atoms with van der Waals surface area (Å²) in [6.45, 7) is 4.14. The Morgan fingerprint density at radius 2 is 2.08 bits per heavy atom. The summed E-state index contributed by atoms with van der Waals surface area (Å²) in [4.78, 5) is 16.8. The van der Waals surface area contributed by atoms with E-state index >= 15 is 0 Å². The van der Waals surface area contributed by atoms with Crippen LogP contribution >= 0.6 is 0 Å². The first-order chi connectivity index (χ1) is 12.1. The molecule has 3 rings (SSSR count). The molecule has 1 saturated carbocycles. The van der Waals surface area contributed by atoms with Crippen molar-refractivity contribution in [1.82, 2.24) is 10.3 Å². The first-order valence-corrected chi connectivity index (χ1v) is 8.94. The summed E-state index contributed by atoms with van der Waals surface area (Å²) in [5.41, 5.74) is 1.69. The summed E-state index contributed by atoms with van der Waals surface area (Å²) < 4.78 is 11.1. The third-order valence-electron chi connectivity index (χ3n) is 4.92. The lowest BCUT2D eigenvalue weighted by Gasteiger charge is -2.29. The van der Waals surface area contributed by atoms with Crippen LogP contribution in [0.3, 0.4) is 0 Å². The van der Waals surface area contributed by atoms with Gasteiger partial charge in [0.15, 0.2) is 6.61 Å². The average molecular weight is 342 g/mol. The molecule has 1 aliphatic rings. The fourth-order valence-corrected chi connectivity index (χ4v) is 3.47. The molecule has 25 heavy (non-hydrogen) atoms. The average Bonchev–Trinajstić information content (AvgIpc) is 2.61. The number of ether oxygens (including phenoxy) is 2. The lowest BCUT2D eigenvalue weighted by atomic mass is 9.86. The molecule has 1 aliphatic carbocycles. The fraction of sp³-hybridized carbons (Fsp3) is 0.500. The molecule has 0 aliphatic heterocycles. The van der Waals surface area contributed by atoms with Gasteiger partial charge in [0.05, 0.1) is 12.6 Å². The summed E-state index contributed by atoms with van der Waals surface area (Å²) in [6.07, 6.45) is 4.68. The van der Waals surface area contributed by atoms with Gasteiger partial charge in [0, 0.05) is 23.2 Å². The summed E-state index contributed by atoms with van der Waals surface area (Å²) in [5, 5.41) is 3.97. The normalized spacial score (nSPS) is 20.3. The molecule has 1 aromatic heterocycles. The number of hydrogen-bond acceptors (Lipinski definition) is 4.